The third kappa shape index (κ3) is 2.53. The summed E-state index contributed by atoms with van der Waals surface area (Å²) in [4.78, 5) is 0. The maximum atomic E-state index is 10.1. The molecule has 1 atom stereocenters. The smallest absolute Gasteiger partial charge is 0.161 e. The van der Waals surface area contributed by atoms with Gasteiger partial charge in [0, 0.05) is 6.54 Å². The normalized spacial score (nSPS) is 15.7. The minimum absolute atomic E-state index is 0.509. The van der Waals surface area contributed by atoms with Crippen molar-refractivity contribution in [2.75, 3.05) is 26.8 Å². The molecule has 1 aromatic carbocycles. The van der Waals surface area contributed by atoms with Crippen molar-refractivity contribution in [3.8, 4) is 11.5 Å². The average Bonchev–Trinajstić information content (AvgIpc) is 2.37. The summed E-state index contributed by atoms with van der Waals surface area (Å²) in [6.45, 7) is 3.77. The first-order chi connectivity index (χ1) is 8.26. The molecule has 1 aromatic rings. The van der Waals surface area contributed by atoms with E-state index < -0.39 is 6.10 Å². The molecule has 2 rings (SSSR count). The van der Waals surface area contributed by atoms with E-state index in [1.807, 2.05) is 19.2 Å². The van der Waals surface area contributed by atoms with Gasteiger partial charge in [0.2, 0.25) is 0 Å². The van der Waals surface area contributed by atoms with Gasteiger partial charge in [-0.15, -0.1) is 0 Å². The van der Waals surface area contributed by atoms with Crippen LogP contribution >= 0.6 is 0 Å². The van der Waals surface area contributed by atoms with Crippen LogP contribution in [0.4, 0.5) is 0 Å². The van der Waals surface area contributed by atoms with Gasteiger partial charge in [-0.25, -0.2) is 0 Å². The second-order valence-electron chi connectivity index (χ2n) is 4.12. The predicted octanol–water partition coefficient (Wildman–Crippen LogP) is 1.27. The summed E-state index contributed by atoms with van der Waals surface area (Å²) in [6.07, 6.45) is 0.359. The summed E-state index contributed by atoms with van der Waals surface area (Å²) in [5.41, 5.74) is 2.03. The van der Waals surface area contributed by atoms with Crippen LogP contribution in [-0.2, 0) is 6.42 Å². The molecule has 0 amide bonds. The fourth-order valence-corrected chi connectivity index (χ4v) is 2.07. The fraction of sp³-hybridized carbons (Fsp3) is 0.538. The largest absolute Gasteiger partial charge is 0.486 e. The molecule has 0 aromatic heterocycles. The van der Waals surface area contributed by atoms with Gasteiger partial charge in [-0.3, -0.25) is 0 Å². The molecule has 4 nitrogen and oxygen atoms in total. The van der Waals surface area contributed by atoms with Crippen LogP contribution in [0, 0.1) is 0 Å². The SMILES string of the molecule is CCc1cc2c(cc1C(O)CNC)OCCO2. The Kier molecular flexibility index (Phi) is 3.86. The van der Waals surface area contributed by atoms with Crippen molar-refractivity contribution in [3.05, 3.63) is 23.3 Å². The van der Waals surface area contributed by atoms with Crippen molar-refractivity contribution in [1.82, 2.24) is 5.32 Å². The minimum Gasteiger partial charge on any atom is -0.486 e. The number of benzene rings is 1. The number of aryl methyl sites for hydroxylation is 1. The highest BCUT2D eigenvalue weighted by Gasteiger charge is 2.18. The molecule has 0 bridgehead atoms. The highest BCUT2D eigenvalue weighted by molar-refractivity contribution is 5.49. The van der Waals surface area contributed by atoms with E-state index in [1.54, 1.807) is 0 Å². The van der Waals surface area contributed by atoms with Crippen LogP contribution in [0.15, 0.2) is 12.1 Å². The molecule has 0 saturated heterocycles. The van der Waals surface area contributed by atoms with Crippen molar-refractivity contribution < 1.29 is 14.6 Å². The van der Waals surface area contributed by atoms with Crippen LogP contribution in [0.1, 0.15) is 24.2 Å². The topological polar surface area (TPSA) is 50.7 Å². The molecule has 1 heterocycles. The van der Waals surface area contributed by atoms with E-state index in [0.29, 0.717) is 19.8 Å². The summed E-state index contributed by atoms with van der Waals surface area (Å²) in [6, 6.07) is 3.87. The monoisotopic (exact) mass is 237 g/mol. The number of hydrogen-bond acceptors (Lipinski definition) is 4. The van der Waals surface area contributed by atoms with E-state index in [9.17, 15) is 5.11 Å². The number of fused-ring (bicyclic) bond motifs is 1. The molecule has 0 radical (unpaired) electrons. The standard InChI is InChI=1S/C13H19NO3/c1-3-9-6-12-13(17-5-4-16-12)7-10(9)11(15)8-14-2/h6-7,11,14-15H,3-5,8H2,1-2H3. The van der Waals surface area contributed by atoms with Crippen LogP contribution < -0.4 is 14.8 Å². The second-order valence-corrected chi connectivity index (χ2v) is 4.12. The van der Waals surface area contributed by atoms with Crippen molar-refractivity contribution in [1.29, 1.82) is 0 Å². The minimum atomic E-state index is -0.509. The zero-order chi connectivity index (χ0) is 12.3. The van der Waals surface area contributed by atoms with Crippen LogP contribution in [-0.4, -0.2) is 31.9 Å². The molecular formula is C13H19NO3. The van der Waals surface area contributed by atoms with E-state index in [1.165, 1.54) is 0 Å². The first-order valence-electron chi connectivity index (χ1n) is 6.01. The predicted molar refractivity (Wildman–Crippen MR) is 65.7 cm³/mol. The Hall–Kier alpha value is -1.26. The highest BCUT2D eigenvalue weighted by Crippen LogP contribution is 2.35. The van der Waals surface area contributed by atoms with Crippen molar-refractivity contribution in [2.24, 2.45) is 0 Å². The van der Waals surface area contributed by atoms with Gasteiger partial charge >= 0.3 is 0 Å². The molecule has 0 spiro atoms. The molecule has 2 N–H and O–H groups in total. The van der Waals surface area contributed by atoms with Crippen molar-refractivity contribution >= 4 is 0 Å². The lowest BCUT2D eigenvalue weighted by Crippen LogP contribution is -2.20. The maximum absolute atomic E-state index is 10.1. The average molecular weight is 237 g/mol. The lowest BCUT2D eigenvalue weighted by atomic mass is 9.99. The summed E-state index contributed by atoms with van der Waals surface area (Å²) < 4.78 is 11.1. The summed E-state index contributed by atoms with van der Waals surface area (Å²) in [7, 11) is 1.83. The molecule has 0 aliphatic carbocycles. The van der Waals surface area contributed by atoms with E-state index >= 15 is 0 Å². The lowest BCUT2D eigenvalue weighted by Gasteiger charge is -2.22. The van der Waals surface area contributed by atoms with E-state index in [4.69, 9.17) is 9.47 Å². The molecule has 1 aliphatic rings. The van der Waals surface area contributed by atoms with Gasteiger partial charge in [0.1, 0.15) is 13.2 Å². The second kappa shape index (κ2) is 5.38. The zero-order valence-corrected chi connectivity index (χ0v) is 10.3. The number of rotatable bonds is 4. The number of nitrogens with one attached hydrogen (secondary N) is 1. The van der Waals surface area contributed by atoms with Gasteiger partial charge in [-0.1, -0.05) is 6.92 Å². The maximum Gasteiger partial charge on any atom is 0.161 e. The molecule has 94 valence electrons. The number of aliphatic hydroxyl groups is 1. The summed E-state index contributed by atoms with van der Waals surface area (Å²) in [5.74, 6) is 1.52. The number of ether oxygens (including phenoxy) is 2. The molecule has 0 saturated carbocycles. The number of hydrogen-bond donors (Lipinski definition) is 2. The number of aliphatic hydroxyl groups excluding tert-OH is 1. The first kappa shape index (κ1) is 12.2. The summed E-state index contributed by atoms with van der Waals surface area (Å²) in [5, 5.41) is 13.1. The quantitative estimate of drug-likeness (QED) is 0.828. The van der Waals surface area contributed by atoms with Gasteiger partial charge in [-0.2, -0.15) is 0 Å². The van der Waals surface area contributed by atoms with Gasteiger partial charge in [-0.05, 0) is 36.7 Å². The van der Waals surface area contributed by atoms with E-state index in [-0.39, 0.29) is 0 Å². The van der Waals surface area contributed by atoms with Crippen LogP contribution in [0.5, 0.6) is 11.5 Å². The van der Waals surface area contributed by atoms with Gasteiger partial charge in [0.15, 0.2) is 11.5 Å². The number of likely N-dealkylation sites (N-methyl/N-ethyl adjacent to an activating group) is 1. The third-order valence-electron chi connectivity index (χ3n) is 2.94. The Labute approximate surface area is 102 Å². The van der Waals surface area contributed by atoms with Crippen LogP contribution in [0.2, 0.25) is 0 Å². The Morgan fingerprint density at radius 1 is 1.29 bits per heavy atom. The molecule has 1 unspecified atom stereocenters. The molecular weight excluding hydrogens is 218 g/mol. The molecule has 1 aliphatic heterocycles. The van der Waals surface area contributed by atoms with Gasteiger partial charge < -0.3 is 19.9 Å². The van der Waals surface area contributed by atoms with E-state index in [2.05, 4.69) is 12.2 Å². The molecule has 0 fully saturated rings. The highest BCUT2D eigenvalue weighted by atomic mass is 16.6. The first-order valence-corrected chi connectivity index (χ1v) is 6.01. The van der Waals surface area contributed by atoms with Crippen LogP contribution in [0.25, 0.3) is 0 Å². The van der Waals surface area contributed by atoms with Crippen molar-refractivity contribution in [3.63, 3.8) is 0 Å². The van der Waals surface area contributed by atoms with Crippen LogP contribution in [0.3, 0.4) is 0 Å². The lowest BCUT2D eigenvalue weighted by molar-refractivity contribution is 0.163. The van der Waals surface area contributed by atoms with Crippen molar-refractivity contribution in [2.45, 2.75) is 19.4 Å². The Balaban J connectivity index is 2.36. The zero-order valence-electron chi connectivity index (χ0n) is 10.3. The fourth-order valence-electron chi connectivity index (χ4n) is 2.07. The Morgan fingerprint density at radius 3 is 2.53 bits per heavy atom. The van der Waals surface area contributed by atoms with Gasteiger partial charge in [0.25, 0.3) is 0 Å². The molecule has 4 heteroatoms. The van der Waals surface area contributed by atoms with E-state index in [0.717, 1.165) is 29.0 Å². The Morgan fingerprint density at radius 2 is 1.94 bits per heavy atom. The Bertz CT molecular complexity index is 392. The molecule has 17 heavy (non-hydrogen) atoms. The third-order valence-corrected chi connectivity index (χ3v) is 2.94. The summed E-state index contributed by atoms with van der Waals surface area (Å²) >= 11 is 0. The van der Waals surface area contributed by atoms with Gasteiger partial charge in [0.05, 0.1) is 6.10 Å².